The third-order valence-corrected chi connectivity index (χ3v) is 15.2. The van der Waals surface area contributed by atoms with Crippen LogP contribution in [0.4, 0.5) is 0 Å². The molecule has 32 heavy (non-hydrogen) atoms. The summed E-state index contributed by atoms with van der Waals surface area (Å²) in [6.07, 6.45) is 12.5. The summed E-state index contributed by atoms with van der Waals surface area (Å²) in [6.45, 7) is 16.6. The first-order valence-electron chi connectivity index (χ1n) is 13.0. The first kappa shape index (κ1) is 24.5. The fraction of sp³-hybridized carbons (Fsp3) is 0.889. The highest BCUT2D eigenvalue weighted by Gasteiger charge is 2.59. The number of fused-ring (bicyclic) bond motifs is 5. The lowest BCUT2D eigenvalue weighted by atomic mass is 9.48. The van der Waals surface area contributed by atoms with Gasteiger partial charge < -0.3 is 14.3 Å². The zero-order valence-corrected chi connectivity index (χ0v) is 22.5. The fourth-order valence-electron chi connectivity index (χ4n) is 7.72. The molecular weight excluding hydrogens is 416 g/mol. The number of allylic oxidation sites excluding steroid dienone is 1. The van der Waals surface area contributed by atoms with Crippen molar-refractivity contribution in [1.29, 1.82) is 0 Å². The molecule has 4 nitrogen and oxygen atoms in total. The largest absolute Gasteiger partial charge is 0.480 e. The molecule has 0 heterocycles. The maximum atomic E-state index is 11.1. The van der Waals surface area contributed by atoms with E-state index in [1.807, 2.05) is 0 Å². The topological polar surface area (TPSA) is 55.8 Å². The Kier molecular flexibility index (Phi) is 6.30. The summed E-state index contributed by atoms with van der Waals surface area (Å²) in [7, 11) is -1.74. The van der Waals surface area contributed by atoms with Gasteiger partial charge >= 0.3 is 5.97 Å². The Hall–Kier alpha value is -0.653. The van der Waals surface area contributed by atoms with Gasteiger partial charge in [0.1, 0.15) is 6.61 Å². The van der Waals surface area contributed by atoms with Crippen LogP contribution < -0.4 is 0 Å². The first-order valence-corrected chi connectivity index (χ1v) is 15.9. The first-order chi connectivity index (χ1) is 14.8. The van der Waals surface area contributed by atoms with E-state index in [1.165, 1.54) is 38.5 Å². The van der Waals surface area contributed by atoms with Gasteiger partial charge in [-0.25, -0.2) is 4.79 Å². The molecule has 7 atom stereocenters. The van der Waals surface area contributed by atoms with Crippen molar-refractivity contribution in [1.82, 2.24) is 0 Å². The van der Waals surface area contributed by atoms with Gasteiger partial charge in [0.15, 0.2) is 8.32 Å². The Balaban J connectivity index is 1.49. The number of carboxylic acids is 1. The van der Waals surface area contributed by atoms with Crippen LogP contribution in [0, 0.1) is 28.6 Å². The molecule has 3 fully saturated rings. The van der Waals surface area contributed by atoms with Crippen LogP contribution >= 0.6 is 0 Å². The van der Waals surface area contributed by atoms with Crippen LogP contribution in [0.3, 0.4) is 0 Å². The summed E-state index contributed by atoms with van der Waals surface area (Å²) >= 11 is 0. The molecule has 1 N–H and O–H groups in total. The van der Waals surface area contributed by atoms with Gasteiger partial charge in [-0.1, -0.05) is 46.3 Å². The number of carboxylic acid groups (broad SMARTS) is 1. The van der Waals surface area contributed by atoms with E-state index < -0.39 is 14.3 Å². The molecule has 0 saturated heterocycles. The van der Waals surface area contributed by atoms with E-state index >= 15 is 0 Å². The molecule has 3 saturated carbocycles. The molecule has 0 spiro atoms. The molecule has 0 aliphatic heterocycles. The van der Waals surface area contributed by atoms with Crippen molar-refractivity contribution in [3.05, 3.63) is 11.6 Å². The Labute approximate surface area is 196 Å². The summed E-state index contributed by atoms with van der Waals surface area (Å²) < 4.78 is 12.8. The van der Waals surface area contributed by atoms with Crippen molar-refractivity contribution in [3.63, 3.8) is 0 Å². The maximum absolute atomic E-state index is 11.1. The van der Waals surface area contributed by atoms with E-state index in [1.54, 1.807) is 5.57 Å². The van der Waals surface area contributed by atoms with E-state index in [0.29, 0.717) is 17.4 Å². The van der Waals surface area contributed by atoms with Gasteiger partial charge in [0, 0.05) is 6.10 Å². The molecular formula is C27H46O4Si. The van der Waals surface area contributed by atoms with Crippen LogP contribution in [0.5, 0.6) is 0 Å². The monoisotopic (exact) mass is 462 g/mol. The minimum Gasteiger partial charge on any atom is -0.480 e. The number of ether oxygens (including phenoxy) is 1. The molecule has 0 aromatic heterocycles. The molecule has 0 aromatic carbocycles. The van der Waals surface area contributed by atoms with Crippen LogP contribution in [0.15, 0.2) is 11.6 Å². The average molecular weight is 463 g/mol. The molecule has 0 unspecified atom stereocenters. The number of hydrogen-bond donors (Lipinski definition) is 1. The van der Waals surface area contributed by atoms with E-state index in [9.17, 15) is 4.79 Å². The third kappa shape index (κ3) is 4.05. The maximum Gasteiger partial charge on any atom is 0.329 e. The third-order valence-electron chi connectivity index (χ3n) is 10.6. The number of aliphatic carboxylic acids is 1. The van der Waals surface area contributed by atoms with Crippen molar-refractivity contribution < 1.29 is 19.1 Å². The van der Waals surface area contributed by atoms with Gasteiger partial charge in [-0.15, -0.1) is 0 Å². The van der Waals surface area contributed by atoms with Gasteiger partial charge in [0.25, 0.3) is 0 Å². The summed E-state index contributed by atoms with van der Waals surface area (Å²) in [5.41, 5.74) is 2.13. The standard InChI is InChI=1S/C27H46O4Si/c1-25(2,3)32(6,7)31-19-12-14-26(4)18(16-19)8-9-20-21-10-11-23(30-17-24(28)29)27(21,5)15-13-22(20)26/h8,19-23H,9-17H2,1-7H3,(H,28,29)/t19-,20-,21-,22-,23-,26-,27-/m0/s1. The van der Waals surface area contributed by atoms with Crippen LogP contribution in [-0.2, 0) is 14.0 Å². The zero-order valence-electron chi connectivity index (χ0n) is 21.5. The highest BCUT2D eigenvalue weighted by molar-refractivity contribution is 6.74. The Bertz CT molecular complexity index is 768. The van der Waals surface area contributed by atoms with Crippen molar-refractivity contribution in [2.45, 2.75) is 116 Å². The lowest BCUT2D eigenvalue weighted by molar-refractivity contribution is -0.149. The second-order valence-electron chi connectivity index (χ2n) is 13.3. The molecule has 4 rings (SSSR count). The van der Waals surface area contributed by atoms with Crippen LogP contribution in [-0.4, -0.2) is 38.2 Å². The molecule has 0 radical (unpaired) electrons. The smallest absolute Gasteiger partial charge is 0.329 e. The highest BCUT2D eigenvalue weighted by atomic mass is 28.4. The second-order valence-corrected chi connectivity index (χ2v) is 18.1. The Morgan fingerprint density at radius 3 is 2.50 bits per heavy atom. The second kappa shape index (κ2) is 8.23. The van der Waals surface area contributed by atoms with E-state index in [0.717, 1.165) is 24.7 Å². The van der Waals surface area contributed by atoms with Gasteiger partial charge in [-0.3, -0.25) is 0 Å². The summed E-state index contributed by atoms with van der Waals surface area (Å²) in [6, 6.07) is 0. The minimum absolute atomic E-state index is 0.108. The molecule has 4 aliphatic rings. The number of rotatable bonds is 5. The van der Waals surface area contributed by atoms with Crippen LogP contribution in [0.2, 0.25) is 18.1 Å². The van der Waals surface area contributed by atoms with Gasteiger partial charge in [-0.2, -0.15) is 0 Å². The lowest BCUT2D eigenvalue weighted by Crippen LogP contribution is -2.52. The molecule has 0 bridgehead atoms. The van der Waals surface area contributed by atoms with E-state index in [-0.39, 0.29) is 23.2 Å². The summed E-state index contributed by atoms with van der Waals surface area (Å²) in [5.74, 6) is 1.29. The molecule has 5 heteroatoms. The lowest BCUT2D eigenvalue weighted by Gasteiger charge is -2.58. The predicted octanol–water partition coefficient (Wildman–Crippen LogP) is 6.81. The van der Waals surface area contributed by atoms with E-state index in [2.05, 4.69) is 53.8 Å². The predicted molar refractivity (Wildman–Crippen MR) is 131 cm³/mol. The molecule has 4 aliphatic carbocycles. The quantitative estimate of drug-likeness (QED) is 0.360. The molecule has 182 valence electrons. The van der Waals surface area contributed by atoms with E-state index in [4.69, 9.17) is 14.3 Å². The van der Waals surface area contributed by atoms with Crippen molar-refractivity contribution in [2.75, 3.05) is 6.61 Å². The van der Waals surface area contributed by atoms with Crippen molar-refractivity contribution in [3.8, 4) is 0 Å². The SMILES string of the molecule is CC(C)(C)[Si](C)(C)O[C@H]1CC[C@@]2(C)C(=CC[C@H]3[C@@H]4CC[C@H](OCC(=O)O)[C@@]4(C)CC[C@@H]32)C1. The normalized spacial score (nSPS) is 42.0. The summed E-state index contributed by atoms with van der Waals surface area (Å²) in [5, 5.41) is 9.36. The molecule has 0 amide bonds. The van der Waals surface area contributed by atoms with Gasteiger partial charge in [0.2, 0.25) is 0 Å². The van der Waals surface area contributed by atoms with Crippen molar-refractivity contribution in [2.24, 2.45) is 28.6 Å². The Morgan fingerprint density at radius 1 is 1.12 bits per heavy atom. The van der Waals surface area contributed by atoms with Crippen molar-refractivity contribution >= 4 is 14.3 Å². The van der Waals surface area contributed by atoms with Crippen LogP contribution in [0.1, 0.15) is 86.0 Å². The average Bonchev–Trinajstić information content (AvgIpc) is 3.02. The molecule has 0 aromatic rings. The Morgan fingerprint density at radius 2 is 1.84 bits per heavy atom. The van der Waals surface area contributed by atoms with Gasteiger partial charge in [0.05, 0.1) is 6.10 Å². The van der Waals surface area contributed by atoms with Gasteiger partial charge in [-0.05, 0) is 98.1 Å². The summed E-state index contributed by atoms with van der Waals surface area (Å²) in [4.78, 5) is 11.1. The van der Waals surface area contributed by atoms with Crippen LogP contribution in [0.25, 0.3) is 0 Å². The zero-order chi connectivity index (χ0) is 23.5. The number of carbonyl (C=O) groups is 1. The minimum atomic E-state index is -1.74. The number of hydrogen-bond acceptors (Lipinski definition) is 3. The highest BCUT2D eigenvalue weighted by Crippen LogP contribution is 2.65. The fourth-order valence-corrected chi connectivity index (χ4v) is 9.11.